The van der Waals surface area contributed by atoms with E-state index in [1.807, 2.05) is 0 Å². The Hall–Kier alpha value is -4.02. The standard InChI is InChI=1S/C23H22F3N7O/c1-28-22(34)14-10-30-20(27)19-13(14)9-16(31-19)18-15(24)7-12(21-29-4-6-32(21)2)8-17(18)33-5-3-23(25,26)11-33/h4,6-10,31H,3,5,11H2,1-2H3,(H2,27,30)(H,28,34). The van der Waals surface area contributed by atoms with Crippen LogP contribution < -0.4 is 16.0 Å². The summed E-state index contributed by atoms with van der Waals surface area (Å²) in [7, 11) is 3.26. The predicted octanol–water partition coefficient (Wildman–Crippen LogP) is 3.56. The fraction of sp³-hybridized carbons (Fsp3) is 0.261. The number of imidazole rings is 1. The monoisotopic (exact) mass is 469 g/mol. The van der Waals surface area contributed by atoms with Crippen LogP contribution in [0.4, 0.5) is 24.7 Å². The minimum atomic E-state index is -2.88. The number of aryl methyl sites for hydroxylation is 1. The van der Waals surface area contributed by atoms with Crippen molar-refractivity contribution in [2.75, 3.05) is 30.8 Å². The number of hydrogen-bond donors (Lipinski definition) is 3. The number of hydrogen-bond acceptors (Lipinski definition) is 5. The van der Waals surface area contributed by atoms with Crippen molar-refractivity contribution in [2.45, 2.75) is 12.3 Å². The van der Waals surface area contributed by atoms with E-state index >= 15 is 4.39 Å². The Morgan fingerprint density at radius 2 is 2.06 bits per heavy atom. The number of rotatable bonds is 4. The third-order valence-corrected chi connectivity index (χ3v) is 6.10. The molecule has 0 saturated carbocycles. The normalized spacial score (nSPS) is 15.3. The van der Waals surface area contributed by atoms with Gasteiger partial charge in [0.15, 0.2) is 0 Å². The lowest BCUT2D eigenvalue weighted by Gasteiger charge is -2.23. The zero-order valence-corrected chi connectivity index (χ0v) is 18.5. The van der Waals surface area contributed by atoms with Gasteiger partial charge in [-0.2, -0.15) is 0 Å². The van der Waals surface area contributed by atoms with Gasteiger partial charge in [-0.1, -0.05) is 0 Å². The van der Waals surface area contributed by atoms with E-state index in [1.165, 1.54) is 24.2 Å². The molecule has 4 N–H and O–H groups in total. The number of H-pyrrole nitrogens is 1. The number of amides is 1. The molecule has 1 saturated heterocycles. The summed E-state index contributed by atoms with van der Waals surface area (Å²) in [5.41, 5.74) is 7.80. The Labute approximate surface area is 192 Å². The molecule has 0 radical (unpaired) electrons. The number of benzene rings is 1. The van der Waals surface area contributed by atoms with Gasteiger partial charge < -0.3 is 25.5 Å². The maximum atomic E-state index is 15.7. The molecule has 1 amide bonds. The minimum absolute atomic E-state index is 0.0663. The van der Waals surface area contributed by atoms with Crippen LogP contribution in [0.15, 0.2) is 36.8 Å². The summed E-state index contributed by atoms with van der Waals surface area (Å²) >= 11 is 0. The number of nitrogen functional groups attached to an aromatic ring is 1. The van der Waals surface area contributed by atoms with Crippen molar-refractivity contribution in [3.8, 4) is 22.6 Å². The van der Waals surface area contributed by atoms with E-state index in [1.54, 1.807) is 36.1 Å². The molecule has 1 aromatic carbocycles. The van der Waals surface area contributed by atoms with Gasteiger partial charge in [0.05, 0.1) is 28.9 Å². The van der Waals surface area contributed by atoms with Crippen molar-refractivity contribution in [2.24, 2.45) is 7.05 Å². The van der Waals surface area contributed by atoms with E-state index in [4.69, 9.17) is 5.73 Å². The molecule has 0 spiro atoms. The summed E-state index contributed by atoms with van der Waals surface area (Å²) in [6.45, 7) is -0.465. The van der Waals surface area contributed by atoms with Crippen molar-refractivity contribution in [3.05, 3.63) is 48.2 Å². The highest BCUT2D eigenvalue weighted by Gasteiger charge is 2.39. The first-order valence-corrected chi connectivity index (χ1v) is 10.6. The van der Waals surface area contributed by atoms with Crippen molar-refractivity contribution in [1.82, 2.24) is 24.8 Å². The summed E-state index contributed by atoms with van der Waals surface area (Å²) in [5, 5.41) is 2.99. The van der Waals surface area contributed by atoms with Crippen LogP contribution in [0.5, 0.6) is 0 Å². The smallest absolute Gasteiger partial charge is 0.266 e. The fourth-order valence-corrected chi connectivity index (χ4v) is 4.41. The van der Waals surface area contributed by atoms with Crippen molar-refractivity contribution in [1.29, 1.82) is 0 Å². The van der Waals surface area contributed by atoms with Crippen LogP contribution in [-0.2, 0) is 7.05 Å². The summed E-state index contributed by atoms with van der Waals surface area (Å²) in [6, 6.07) is 4.57. The lowest BCUT2D eigenvalue weighted by Crippen LogP contribution is -2.25. The Kier molecular flexibility index (Phi) is 4.99. The number of nitrogens with two attached hydrogens (primary N) is 1. The fourth-order valence-electron chi connectivity index (χ4n) is 4.41. The highest BCUT2D eigenvalue weighted by Crippen LogP contribution is 2.42. The number of nitrogens with one attached hydrogen (secondary N) is 2. The van der Waals surface area contributed by atoms with Gasteiger partial charge in [0.25, 0.3) is 11.8 Å². The van der Waals surface area contributed by atoms with Gasteiger partial charge in [-0.3, -0.25) is 4.79 Å². The van der Waals surface area contributed by atoms with Gasteiger partial charge in [-0.15, -0.1) is 0 Å². The van der Waals surface area contributed by atoms with Crippen molar-refractivity contribution in [3.63, 3.8) is 0 Å². The molecule has 1 aliphatic rings. The highest BCUT2D eigenvalue weighted by molar-refractivity contribution is 6.09. The van der Waals surface area contributed by atoms with Crippen LogP contribution in [-0.4, -0.2) is 51.5 Å². The average molecular weight is 469 g/mol. The lowest BCUT2D eigenvalue weighted by atomic mass is 10.0. The number of alkyl halides is 2. The second-order valence-electron chi connectivity index (χ2n) is 8.35. The first-order chi connectivity index (χ1) is 16.2. The zero-order chi connectivity index (χ0) is 24.2. The van der Waals surface area contributed by atoms with Gasteiger partial charge >= 0.3 is 0 Å². The van der Waals surface area contributed by atoms with Gasteiger partial charge in [0.2, 0.25) is 0 Å². The molecule has 0 atom stereocenters. The molecule has 1 fully saturated rings. The maximum absolute atomic E-state index is 15.7. The van der Waals surface area contributed by atoms with Gasteiger partial charge in [0, 0.05) is 62.3 Å². The number of fused-ring (bicyclic) bond motifs is 1. The number of halogens is 3. The van der Waals surface area contributed by atoms with Gasteiger partial charge in [0.1, 0.15) is 17.5 Å². The van der Waals surface area contributed by atoms with Gasteiger partial charge in [-0.05, 0) is 18.2 Å². The van der Waals surface area contributed by atoms with E-state index < -0.39 is 18.3 Å². The second kappa shape index (κ2) is 7.79. The lowest BCUT2D eigenvalue weighted by molar-refractivity contribution is 0.0257. The topological polar surface area (TPSA) is 105 Å². The number of carbonyl (C=O) groups is 1. The zero-order valence-electron chi connectivity index (χ0n) is 18.5. The van der Waals surface area contributed by atoms with Gasteiger partial charge in [-0.25, -0.2) is 23.1 Å². The largest absolute Gasteiger partial charge is 0.382 e. The third-order valence-electron chi connectivity index (χ3n) is 6.10. The molecule has 1 aliphatic heterocycles. The van der Waals surface area contributed by atoms with Crippen LogP contribution in [0.1, 0.15) is 16.8 Å². The Morgan fingerprint density at radius 3 is 2.71 bits per heavy atom. The maximum Gasteiger partial charge on any atom is 0.266 e. The summed E-state index contributed by atoms with van der Waals surface area (Å²) in [5.74, 6) is -3.25. The van der Waals surface area contributed by atoms with E-state index in [0.717, 1.165) is 0 Å². The summed E-state index contributed by atoms with van der Waals surface area (Å²) < 4.78 is 45.7. The van der Waals surface area contributed by atoms with Crippen LogP contribution in [0.3, 0.4) is 0 Å². The minimum Gasteiger partial charge on any atom is -0.382 e. The predicted molar refractivity (Wildman–Crippen MR) is 123 cm³/mol. The van der Waals surface area contributed by atoms with E-state index in [9.17, 15) is 13.6 Å². The summed E-state index contributed by atoms with van der Waals surface area (Å²) in [6.07, 6.45) is 4.32. The van der Waals surface area contributed by atoms with Crippen LogP contribution >= 0.6 is 0 Å². The van der Waals surface area contributed by atoms with E-state index in [2.05, 4.69) is 20.3 Å². The second-order valence-corrected chi connectivity index (χ2v) is 8.35. The summed E-state index contributed by atoms with van der Waals surface area (Å²) in [4.78, 5) is 25.2. The molecule has 176 valence electrons. The molecule has 11 heteroatoms. The number of nitrogens with zero attached hydrogens (tertiary/aromatic N) is 4. The molecule has 8 nitrogen and oxygen atoms in total. The van der Waals surface area contributed by atoms with Crippen molar-refractivity contribution < 1.29 is 18.0 Å². The third kappa shape index (κ3) is 3.53. The van der Waals surface area contributed by atoms with Crippen LogP contribution in [0, 0.1) is 5.82 Å². The number of pyridine rings is 1. The Bertz CT molecular complexity index is 1430. The molecule has 0 unspecified atom stereocenters. The number of carbonyl (C=O) groups excluding carboxylic acids is 1. The average Bonchev–Trinajstić information content (AvgIpc) is 3.51. The molecule has 5 rings (SSSR count). The number of anilines is 2. The molecule has 4 aromatic rings. The molecular formula is C23H22F3N7O. The van der Waals surface area contributed by atoms with E-state index in [-0.39, 0.29) is 35.8 Å². The molecule has 34 heavy (non-hydrogen) atoms. The number of aromatic amines is 1. The molecule has 4 heterocycles. The number of aromatic nitrogens is 4. The van der Waals surface area contributed by atoms with Crippen LogP contribution in [0.25, 0.3) is 33.5 Å². The van der Waals surface area contributed by atoms with Crippen molar-refractivity contribution >= 4 is 28.3 Å². The molecule has 0 aliphatic carbocycles. The first kappa shape index (κ1) is 21.8. The Balaban J connectivity index is 1.74. The SMILES string of the molecule is CNC(=O)c1cnc(N)c2[nH]c(-c3c(F)cc(-c4nccn4C)cc3N3CCC(F)(F)C3)cc12. The van der Waals surface area contributed by atoms with Crippen LogP contribution in [0.2, 0.25) is 0 Å². The molecule has 0 bridgehead atoms. The molecule has 3 aromatic heterocycles. The molecular weight excluding hydrogens is 447 g/mol. The Morgan fingerprint density at radius 1 is 1.26 bits per heavy atom. The quantitative estimate of drug-likeness (QED) is 0.424. The highest BCUT2D eigenvalue weighted by atomic mass is 19.3. The van der Waals surface area contributed by atoms with E-state index in [0.29, 0.717) is 33.7 Å². The first-order valence-electron chi connectivity index (χ1n) is 10.6.